The predicted octanol–water partition coefficient (Wildman–Crippen LogP) is 3.40. The van der Waals surface area contributed by atoms with E-state index in [1.807, 2.05) is 23.6 Å². The number of aromatic nitrogens is 3. The molecule has 0 spiro atoms. The smallest absolute Gasteiger partial charge is 0.242 e. The maximum absolute atomic E-state index is 12.5. The number of nitrogens with zero attached hydrogens (tertiary/aromatic N) is 4. The van der Waals surface area contributed by atoms with Gasteiger partial charge in [-0.15, -0.1) is 0 Å². The highest BCUT2D eigenvalue weighted by Crippen LogP contribution is 2.23. The van der Waals surface area contributed by atoms with Gasteiger partial charge in [-0.05, 0) is 49.1 Å². The van der Waals surface area contributed by atoms with Gasteiger partial charge in [0.2, 0.25) is 15.9 Å². The van der Waals surface area contributed by atoms with Crippen molar-refractivity contribution in [1.82, 2.24) is 23.7 Å². The summed E-state index contributed by atoms with van der Waals surface area (Å²) in [6, 6.07) is 15.4. The van der Waals surface area contributed by atoms with Gasteiger partial charge in [-0.1, -0.05) is 18.2 Å². The molecule has 9 heteroatoms. The van der Waals surface area contributed by atoms with E-state index in [9.17, 15) is 13.2 Å². The van der Waals surface area contributed by atoms with Crippen LogP contribution in [0.5, 0.6) is 0 Å². The third-order valence-corrected chi connectivity index (χ3v) is 7.86. The molecule has 1 N–H and O–H groups in total. The SMILES string of the molecule is CCn1c(CCC(=O)NCCCn2ccc3ccccc32)nc2cc(S(=O)(=O)N(C)C)ccc21. The maximum Gasteiger partial charge on any atom is 0.242 e. The Bertz CT molecular complexity index is 1420. The van der Waals surface area contributed by atoms with Crippen molar-refractivity contribution < 1.29 is 13.2 Å². The summed E-state index contributed by atoms with van der Waals surface area (Å²) in [5.41, 5.74) is 2.70. The summed E-state index contributed by atoms with van der Waals surface area (Å²) in [5, 5.41) is 4.22. The van der Waals surface area contributed by atoms with Crippen LogP contribution in [-0.4, -0.2) is 53.4 Å². The lowest BCUT2D eigenvalue weighted by molar-refractivity contribution is -0.121. The molecule has 180 valence electrons. The van der Waals surface area contributed by atoms with Crippen molar-refractivity contribution >= 4 is 37.9 Å². The zero-order valence-electron chi connectivity index (χ0n) is 19.9. The number of hydrogen-bond donors (Lipinski definition) is 1. The molecule has 0 aliphatic rings. The molecule has 4 rings (SSSR count). The van der Waals surface area contributed by atoms with E-state index in [1.165, 1.54) is 29.3 Å². The lowest BCUT2D eigenvalue weighted by atomic mass is 10.2. The standard InChI is InChI=1S/C25H31N5O3S/c1-4-30-23-11-10-20(34(32,33)28(2)3)18-21(23)27-24(30)12-13-25(31)26-15-7-16-29-17-14-19-8-5-6-9-22(19)29/h5-6,8-11,14,17-18H,4,7,12-13,15-16H2,1-3H3,(H,26,31). The van der Waals surface area contributed by atoms with Crippen LogP contribution in [0, 0.1) is 0 Å². The highest BCUT2D eigenvalue weighted by atomic mass is 32.2. The minimum atomic E-state index is -3.53. The summed E-state index contributed by atoms with van der Waals surface area (Å²) in [6.07, 6.45) is 3.75. The summed E-state index contributed by atoms with van der Waals surface area (Å²) in [6.45, 7) is 4.16. The Balaban J connectivity index is 1.34. The molecule has 0 unspecified atom stereocenters. The van der Waals surface area contributed by atoms with Crippen molar-refractivity contribution in [2.45, 2.75) is 44.2 Å². The Morgan fingerprint density at radius 1 is 1.09 bits per heavy atom. The number of hydrogen-bond acceptors (Lipinski definition) is 4. The van der Waals surface area contributed by atoms with Gasteiger partial charge in [-0.3, -0.25) is 4.79 Å². The van der Waals surface area contributed by atoms with Crippen molar-refractivity contribution in [2.24, 2.45) is 0 Å². The van der Waals surface area contributed by atoms with Crippen LogP contribution >= 0.6 is 0 Å². The summed E-state index contributed by atoms with van der Waals surface area (Å²) >= 11 is 0. The quantitative estimate of drug-likeness (QED) is 0.352. The van der Waals surface area contributed by atoms with Crippen LogP contribution in [0.15, 0.2) is 59.6 Å². The molecule has 0 saturated heterocycles. The second-order valence-electron chi connectivity index (χ2n) is 8.48. The fraction of sp³-hybridized carbons (Fsp3) is 0.360. The summed E-state index contributed by atoms with van der Waals surface area (Å²) < 4.78 is 30.3. The number of carbonyl (C=O) groups excluding carboxylic acids is 1. The molecule has 2 aromatic heterocycles. The first kappa shape index (κ1) is 24.0. The third kappa shape index (κ3) is 4.85. The molecule has 0 aliphatic carbocycles. The van der Waals surface area contributed by atoms with E-state index in [0.717, 1.165) is 24.3 Å². The van der Waals surface area contributed by atoms with E-state index in [1.54, 1.807) is 18.2 Å². The first-order valence-electron chi connectivity index (χ1n) is 11.5. The largest absolute Gasteiger partial charge is 0.356 e. The van der Waals surface area contributed by atoms with Gasteiger partial charge in [0.1, 0.15) is 5.82 Å². The second-order valence-corrected chi connectivity index (χ2v) is 10.6. The number of aryl methyl sites for hydroxylation is 3. The average Bonchev–Trinajstić information content (AvgIpc) is 3.40. The van der Waals surface area contributed by atoms with Gasteiger partial charge in [0.05, 0.1) is 15.9 Å². The van der Waals surface area contributed by atoms with Crippen LogP contribution in [0.1, 0.15) is 25.6 Å². The molecule has 2 aromatic carbocycles. The molecule has 34 heavy (non-hydrogen) atoms. The average molecular weight is 482 g/mol. The van der Waals surface area contributed by atoms with Gasteiger partial charge in [0.15, 0.2) is 0 Å². The number of carbonyl (C=O) groups is 1. The molecule has 0 atom stereocenters. The normalized spacial score (nSPS) is 12.1. The molecule has 0 radical (unpaired) electrons. The fourth-order valence-corrected chi connectivity index (χ4v) is 5.12. The van der Waals surface area contributed by atoms with Crippen LogP contribution in [0.3, 0.4) is 0 Å². The first-order valence-corrected chi connectivity index (χ1v) is 13.0. The van der Waals surface area contributed by atoms with Crippen molar-refractivity contribution in [3.05, 3.63) is 60.6 Å². The van der Waals surface area contributed by atoms with Crippen LogP contribution < -0.4 is 5.32 Å². The lowest BCUT2D eigenvalue weighted by Gasteiger charge is -2.11. The number of rotatable bonds is 10. The molecular formula is C25H31N5O3S. The van der Waals surface area contributed by atoms with Crippen molar-refractivity contribution in [2.75, 3.05) is 20.6 Å². The lowest BCUT2D eigenvalue weighted by Crippen LogP contribution is -2.25. The van der Waals surface area contributed by atoms with Crippen molar-refractivity contribution in [3.8, 4) is 0 Å². The number of para-hydroxylation sites is 1. The van der Waals surface area contributed by atoms with Crippen molar-refractivity contribution in [1.29, 1.82) is 0 Å². The van der Waals surface area contributed by atoms with Gasteiger partial charge in [-0.25, -0.2) is 17.7 Å². The Hall–Kier alpha value is -3.17. The molecule has 0 saturated carbocycles. The Morgan fingerprint density at radius 2 is 1.88 bits per heavy atom. The third-order valence-electron chi connectivity index (χ3n) is 6.05. The molecule has 1 amide bonds. The van der Waals surface area contributed by atoms with Gasteiger partial charge < -0.3 is 14.5 Å². The minimum absolute atomic E-state index is 0.0112. The molecule has 0 bridgehead atoms. The molecule has 4 aromatic rings. The highest BCUT2D eigenvalue weighted by molar-refractivity contribution is 7.89. The Labute approximate surface area is 200 Å². The van der Waals surface area contributed by atoms with Crippen LogP contribution in [0.4, 0.5) is 0 Å². The Morgan fingerprint density at radius 3 is 2.65 bits per heavy atom. The van der Waals surface area contributed by atoms with E-state index in [4.69, 9.17) is 0 Å². The maximum atomic E-state index is 12.5. The minimum Gasteiger partial charge on any atom is -0.356 e. The number of fused-ring (bicyclic) bond motifs is 2. The van der Waals surface area contributed by atoms with Gasteiger partial charge in [0.25, 0.3) is 0 Å². The number of amides is 1. The second kappa shape index (κ2) is 9.99. The van der Waals surface area contributed by atoms with E-state index in [-0.39, 0.29) is 10.8 Å². The van der Waals surface area contributed by atoms with Crippen LogP contribution in [0.25, 0.3) is 21.9 Å². The topological polar surface area (TPSA) is 89.2 Å². The number of benzene rings is 2. The first-order chi connectivity index (χ1) is 16.3. The Kier molecular flexibility index (Phi) is 7.04. The molecular weight excluding hydrogens is 450 g/mol. The number of nitrogens with one attached hydrogen (secondary N) is 1. The fourth-order valence-electron chi connectivity index (χ4n) is 4.20. The summed E-state index contributed by atoms with van der Waals surface area (Å²) in [4.78, 5) is 17.3. The van der Waals surface area contributed by atoms with Gasteiger partial charge >= 0.3 is 0 Å². The molecule has 0 fully saturated rings. The molecule has 8 nitrogen and oxygen atoms in total. The summed E-state index contributed by atoms with van der Waals surface area (Å²) in [7, 11) is -0.510. The number of imidazole rings is 1. The number of sulfonamides is 1. The summed E-state index contributed by atoms with van der Waals surface area (Å²) in [5.74, 6) is 0.772. The van der Waals surface area contributed by atoms with Gasteiger partial charge in [-0.2, -0.15) is 0 Å². The zero-order valence-corrected chi connectivity index (χ0v) is 20.7. The van der Waals surface area contributed by atoms with E-state index < -0.39 is 10.0 Å². The van der Waals surface area contributed by atoms with E-state index in [0.29, 0.717) is 31.4 Å². The van der Waals surface area contributed by atoms with E-state index in [2.05, 4.69) is 39.3 Å². The van der Waals surface area contributed by atoms with Gasteiger partial charge in [0, 0.05) is 58.3 Å². The van der Waals surface area contributed by atoms with E-state index >= 15 is 0 Å². The van der Waals surface area contributed by atoms with Crippen LogP contribution in [0.2, 0.25) is 0 Å². The predicted molar refractivity (Wildman–Crippen MR) is 134 cm³/mol. The monoisotopic (exact) mass is 481 g/mol. The van der Waals surface area contributed by atoms with Crippen molar-refractivity contribution in [3.63, 3.8) is 0 Å². The van der Waals surface area contributed by atoms with Crippen LogP contribution in [-0.2, 0) is 34.3 Å². The molecule has 0 aliphatic heterocycles. The highest BCUT2D eigenvalue weighted by Gasteiger charge is 2.19. The molecule has 2 heterocycles. The zero-order chi connectivity index (χ0) is 24.3.